The molecule has 6 nitrogen and oxygen atoms in total. The van der Waals surface area contributed by atoms with Crippen molar-refractivity contribution in [2.24, 2.45) is 0 Å². The highest BCUT2D eigenvalue weighted by atomic mass is 35.5. The number of benzene rings is 2. The summed E-state index contributed by atoms with van der Waals surface area (Å²) >= 11 is 6.01. The topological polar surface area (TPSA) is 76.1 Å². The zero-order chi connectivity index (χ0) is 18.4. The number of amides is 2. The largest absolute Gasteiger partial charge is 0.506 e. The fraction of sp³-hybridized carbons (Fsp3) is 0.158. The number of aliphatic hydroxyl groups is 1. The van der Waals surface area contributed by atoms with E-state index in [1.807, 2.05) is 0 Å². The van der Waals surface area contributed by atoms with Gasteiger partial charge in [0.1, 0.15) is 19.0 Å². The van der Waals surface area contributed by atoms with E-state index in [-0.39, 0.29) is 11.3 Å². The minimum absolute atomic E-state index is 0.0449. The Morgan fingerprint density at radius 2 is 1.85 bits per heavy atom. The lowest BCUT2D eigenvalue weighted by Gasteiger charge is -2.19. The Kier molecular flexibility index (Phi) is 3.85. The van der Waals surface area contributed by atoms with E-state index >= 15 is 0 Å². The smallest absolute Gasteiger partial charge is 0.269 e. The molecular formula is C19H14ClNO5. The number of anilines is 1. The van der Waals surface area contributed by atoms with Crippen LogP contribution in [0.25, 0.3) is 11.3 Å². The van der Waals surface area contributed by atoms with Crippen LogP contribution < -0.4 is 14.4 Å². The van der Waals surface area contributed by atoms with Gasteiger partial charge in [-0.1, -0.05) is 17.7 Å². The first-order valence-electron chi connectivity index (χ1n) is 7.95. The number of hydrogen-bond acceptors (Lipinski definition) is 5. The van der Waals surface area contributed by atoms with Crippen molar-refractivity contribution in [2.75, 3.05) is 18.1 Å². The van der Waals surface area contributed by atoms with Gasteiger partial charge >= 0.3 is 0 Å². The Morgan fingerprint density at radius 3 is 2.58 bits per heavy atom. The van der Waals surface area contributed by atoms with Crippen molar-refractivity contribution in [3.05, 3.63) is 52.5 Å². The first-order chi connectivity index (χ1) is 12.5. The van der Waals surface area contributed by atoms with E-state index < -0.39 is 11.8 Å². The molecule has 2 amide bonds. The molecule has 4 rings (SSSR count). The lowest BCUT2D eigenvalue weighted by atomic mass is 10.0. The van der Waals surface area contributed by atoms with Gasteiger partial charge < -0.3 is 14.6 Å². The van der Waals surface area contributed by atoms with Crippen LogP contribution in [0.2, 0.25) is 5.02 Å². The Bertz CT molecular complexity index is 982. The molecule has 2 aliphatic heterocycles. The third kappa shape index (κ3) is 2.50. The van der Waals surface area contributed by atoms with Crippen LogP contribution >= 0.6 is 11.6 Å². The van der Waals surface area contributed by atoms with E-state index in [0.717, 1.165) is 4.90 Å². The van der Waals surface area contributed by atoms with Gasteiger partial charge in [-0.25, -0.2) is 4.90 Å². The van der Waals surface area contributed by atoms with E-state index in [4.69, 9.17) is 21.1 Å². The van der Waals surface area contributed by atoms with Crippen LogP contribution in [-0.4, -0.2) is 30.1 Å². The van der Waals surface area contributed by atoms with Gasteiger partial charge in [0.05, 0.1) is 11.3 Å². The third-order valence-electron chi connectivity index (χ3n) is 4.25. The number of nitrogens with zero attached hydrogens (tertiary/aromatic N) is 1. The second-order valence-corrected chi connectivity index (χ2v) is 6.34. The first kappa shape index (κ1) is 16.5. The minimum Gasteiger partial charge on any atom is -0.506 e. The fourth-order valence-electron chi connectivity index (χ4n) is 3.11. The van der Waals surface area contributed by atoms with Crippen molar-refractivity contribution in [3.63, 3.8) is 0 Å². The maximum Gasteiger partial charge on any atom is 0.269 e. The molecule has 2 aliphatic rings. The average molecular weight is 372 g/mol. The van der Waals surface area contributed by atoms with E-state index in [0.29, 0.717) is 46.5 Å². The summed E-state index contributed by atoms with van der Waals surface area (Å²) in [6.07, 6.45) is 0. The van der Waals surface area contributed by atoms with E-state index in [1.54, 1.807) is 30.3 Å². The highest BCUT2D eigenvalue weighted by molar-refractivity contribution is 6.43. The molecule has 0 bridgehead atoms. The lowest BCUT2D eigenvalue weighted by Crippen LogP contribution is -2.31. The summed E-state index contributed by atoms with van der Waals surface area (Å²) in [4.78, 5) is 25.8. The quantitative estimate of drug-likeness (QED) is 0.614. The number of imide groups is 1. The molecule has 2 heterocycles. The van der Waals surface area contributed by atoms with Crippen LogP contribution in [0.15, 0.2) is 36.4 Å². The summed E-state index contributed by atoms with van der Waals surface area (Å²) in [7, 11) is 0. The Labute approximate surface area is 154 Å². The van der Waals surface area contributed by atoms with Gasteiger partial charge in [0, 0.05) is 23.1 Å². The molecule has 1 N–H and O–H groups in total. The van der Waals surface area contributed by atoms with E-state index in [1.165, 1.54) is 13.0 Å². The van der Waals surface area contributed by atoms with E-state index in [2.05, 4.69) is 0 Å². The molecule has 0 fully saturated rings. The van der Waals surface area contributed by atoms with Gasteiger partial charge in [0.2, 0.25) is 5.91 Å². The highest BCUT2D eigenvalue weighted by Crippen LogP contribution is 2.42. The van der Waals surface area contributed by atoms with Crippen molar-refractivity contribution in [2.45, 2.75) is 6.92 Å². The fourth-order valence-corrected chi connectivity index (χ4v) is 3.28. The average Bonchev–Trinajstić information content (AvgIpc) is 2.91. The molecular weight excluding hydrogens is 358 g/mol. The van der Waals surface area contributed by atoms with Crippen molar-refractivity contribution >= 4 is 40.4 Å². The highest BCUT2D eigenvalue weighted by Gasteiger charge is 2.38. The zero-order valence-electron chi connectivity index (χ0n) is 13.8. The van der Waals surface area contributed by atoms with Crippen LogP contribution in [0, 0.1) is 0 Å². The minimum atomic E-state index is -0.595. The van der Waals surface area contributed by atoms with Crippen molar-refractivity contribution in [1.29, 1.82) is 0 Å². The predicted molar refractivity (Wildman–Crippen MR) is 96.5 cm³/mol. The van der Waals surface area contributed by atoms with Gasteiger partial charge in [0.15, 0.2) is 11.5 Å². The molecule has 2 aromatic rings. The zero-order valence-corrected chi connectivity index (χ0v) is 14.5. The number of rotatable bonds is 1. The summed E-state index contributed by atoms with van der Waals surface area (Å²) in [5.41, 5.74) is 1.24. The molecule has 0 spiro atoms. The molecule has 0 aliphatic carbocycles. The predicted octanol–water partition coefficient (Wildman–Crippen LogP) is 3.43. The molecule has 0 atom stereocenters. The second-order valence-electron chi connectivity index (χ2n) is 5.90. The van der Waals surface area contributed by atoms with Crippen LogP contribution in [0.4, 0.5) is 5.69 Å². The molecule has 0 radical (unpaired) electrons. The summed E-state index contributed by atoms with van der Waals surface area (Å²) in [6, 6.07) is 9.66. The first-order valence-corrected chi connectivity index (χ1v) is 8.33. The van der Waals surface area contributed by atoms with E-state index in [9.17, 15) is 14.7 Å². The van der Waals surface area contributed by atoms with Crippen LogP contribution in [0.3, 0.4) is 0 Å². The monoisotopic (exact) mass is 371 g/mol. The molecule has 0 unspecified atom stereocenters. The Balaban J connectivity index is 1.88. The number of halogens is 1. The number of carbonyl (C=O) groups is 2. The van der Waals surface area contributed by atoms with Gasteiger partial charge in [-0.05, 0) is 30.3 Å². The van der Waals surface area contributed by atoms with Crippen LogP contribution in [0.5, 0.6) is 11.5 Å². The molecule has 132 valence electrons. The molecule has 7 heteroatoms. The maximum absolute atomic E-state index is 12.8. The SMILES string of the molecule is CC(=O)N1C(=O)C(=C(O)c2ccc3c(c2)OCCO3)c2ccc(Cl)cc21. The summed E-state index contributed by atoms with van der Waals surface area (Å²) in [6.45, 7) is 2.15. The number of hydrogen-bond donors (Lipinski definition) is 1. The lowest BCUT2D eigenvalue weighted by molar-refractivity contribution is -0.122. The van der Waals surface area contributed by atoms with Crippen molar-refractivity contribution in [3.8, 4) is 11.5 Å². The van der Waals surface area contributed by atoms with Gasteiger partial charge in [0.25, 0.3) is 5.91 Å². The van der Waals surface area contributed by atoms with Gasteiger partial charge in [-0.15, -0.1) is 0 Å². The van der Waals surface area contributed by atoms with Crippen LogP contribution in [-0.2, 0) is 9.59 Å². The normalized spacial score (nSPS) is 17.2. The number of ether oxygens (including phenoxy) is 2. The van der Waals surface area contributed by atoms with Gasteiger partial charge in [-0.2, -0.15) is 0 Å². The molecule has 2 aromatic carbocycles. The standard InChI is InChI=1S/C19H14ClNO5/c1-10(22)21-14-9-12(20)3-4-13(14)17(19(21)24)18(23)11-2-5-15-16(8-11)26-7-6-25-15/h2-5,8-9,23H,6-7H2,1H3. The molecule has 0 saturated heterocycles. The molecule has 0 aromatic heterocycles. The summed E-state index contributed by atoms with van der Waals surface area (Å²) < 4.78 is 11.0. The molecule has 0 saturated carbocycles. The summed E-state index contributed by atoms with van der Waals surface area (Å²) in [5, 5.41) is 11.2. The van der Waals surface area contributed by atoms with Gasteiger partial charge in [-0.3, -0.25) is 9.59 Å². The maximum atomic E-state index is 12.8. The Morgan fingerprint density at radius 1 is 1.12 bits per heavy atom. The number of fused-ring (bicyclic) bond motifs is 2. The summed E-state index contributed by atoms with van der Waals surface area (Å²) in [5.74, 6) is -0.218. The number of carbonyl (C=O) groups excluding carboxylic acids is 2. The second kappa shape index (κ2) is 6.07. The van der Waals surface area contributed by atoms with Crippen molar-refractivity contribution in [1.82, 2.24) is 0 Å². The Hall–Kier alpha value is -2.99. The molecule has 26 heavy (non-hydrogen) atoms. The van der Waals surface area contributed by atoms with Crippen LogP contribution in [0.1, 0.15) is 18.1 Å². The number of aliphatic hydroxyl groups excluding tert-OH is 1. The third-order valence-corrected chi connectivity index (χ3v) is 4.49. The van der Waals surface area contributed by atoms with Crippen molar-refractivity contribution < 1.29 is 24.2 Å².